The van der Waals surface area contributed by atoms with Crippen LogP contribution in [-0.4, -0.2) is 35.4 Å². The van der Waals surface area contributed by atoms with Crippen molar-refractivity contribution < 1.29 is 0 Å². The van der Waals surface area contributed by atoms with Gasteiger partial charge in [0.1, 0.15) is 0 Å². The molecule has 158 valence electrons. The van der Waals surface area contributed by atoms with Gasteiger partial charge in [-0.3, -0.25) is 0 Å². The first-order valence-corrected chi connectivity index (χ1v) is 12.6. The van der Waals surface area contributed by atoms with Gasteiger partial charge in [-0.05, 0) is 0 Å². The van der Waals surface area contributed by atoms with Gasteiger partial charge in [0.25, 0.3) is 0 Å². The molecule has 4 atom stereocenters. The van der Waals surface area contributed by atoms with Crippen LogP contribution in [-0.2, 0) is 0 Å². The van der Waals surface area contributed by atoms with Crippen molar-refractivity contribution in [2.24, 2.45) is 11.8 Å². The van der Waals surface area contributed by atoms with Gasteiger partial charge >= 0.3 is 216 Å². The minimum atomic E-state index is 0.451. The Labute approximate surface area is 215 Å². The third kappa shape index (κ3) is 6.46. The first-order chi connectivity index (χ1) is 15.4. The molecule has 0 N–H and O–H groups in total. The molecule has 3 aromatic rings. The van der Waals surface area contributed by atoms with E-state index in [-0.39, 0.29) is 0 Å². The fourth-order valence-corrected chi connectivity index (χ4v) is 4.97. The summed E-state index contributed by atoms with van der Waals surface area (Å²) in [6.07, 6.45) is 4.85. The van der Waals surface area contributed by atoms with Crippen LogP contribution in [0.4, 0.5) is 0 Å². The summed E-state index contributed by atoms with van der Waals surface area (Å²) in [5.74, 6) is 2.31. The SMILES string of the molecule is [Li][c]1ccccc1C(CC(C)CC)c1cccc(C(CC(C)CC)c2cccc[c]2[Li])c1. The summed E-state index contributed by atoms with van der Waals surface area (Å²) in [4.78, 5) is 0. The van der Waals surface area contributed by atoms with Crippen LogP contribution in [0.15, 0.2) is 72.8 Å². The first kappa shape index (κ1) is 25.5. The maximum atomic E-state index is 2.53. The van der Waals surface area contributed by atoms with Crippen LogP contribution in [0.2, 0.25) is 0 Å². The molecule has 4 unspecified atom stereocenters. The van der Waals surface area contributed by atoms with Gasteiger partial charge in [0.05, 0.1) is 0 Å². The van der Waals surface area contributed by atoms with Crippen molar-refractivity contribution in [2.75, 3.05) is 0 Å². The molecule has 0 spiro atoms. The summed E-state index contributed by atoms with van der Waals surface area (Å²) in [6, 6.07) is 27.5. The molecule has 0 aromatic heterocycles. The fourth-order valence-electron chi connectivity index (χ4n) is 4.97. The van der Waals surface area contributed by atoms with Gasteiger partial charge in [0.2, 0.25) is 0 Å². The standard InChI is InChI=1S/C30H36.2Li/c1-5-23(3)20-29(25-14-9-7-10-15-25)27-18-13-19-28(22-27)30(21-24(4)6-2)26-16-11-8-12-17-26;;/h7-14,16,18-19,22-24,29-30H,5-6,20-21H2,1-4H3;;. The Morgan fingerprint density at radius 1 is 0.594 bits per heavy atom. The summed E-state index contributed by atoms with van der Waals surface area (Å²) < 4.78 is 2.81. The molecular formula is C30H36Li2. The molecule has 32 heavy (non-hydrogen) atoms. The van der Waals surface area contributed by atoms with E-state index in [0.29, 0.717) is 23.7 Å². The average Bonchev–Trinajstić information content (AvgIpc) is 2.82. The van der Waals surface area contributed by atoms with Crippen molar-refractivity contribution in [3.63, 3.8) is 0 Å². The molecule has 0 radical (unpaired) electrons. The van der Waals surface area contributed by atoms with E-state index >= 15 is 0 Å². The Morgan fingerprint density at radius 2 is 1.00 bits per heavy atom. The van der Waals surface area contributed by atoms with Crippen LogP contribution in [0.5, 0.6) is 0 Å². The Morgan fingerprint density at radius 3 is 1.38 bits per heavy atom. The molecule has 0 heterocycles. The van der Waals surface area contributed by atoms with Crippen molar-refractivity contribution in [1.29, 1.82) is 0 Å². The molecular weight excluding hydrogens is 374 g/mol. The molecule has 0 aliphatic rings. The van der Waals surface area contributed by atoms with Crippen LogP contribution in [0.25, 0.3) is 0 Å². The van der Waals surface area contributed by atoms with E-state index in [0.717, 1.165) is 0 Å². The fraction of sp³-hybridized carbons (Fsp3) is 0.400. The molecule has 0 saturated carbocycles. The van der Waals surface area contributed by atoms with Crippen LogP contribution in [0.3, 0.4) is 0 Å². The molecule has 2 heteroatoms. The van der Waals surface area contributed by atoms with Gasteiger partial charge in [-0.1, -0.05) is 0 Å². The average molecular weight is 411 g/mol. The van der Waals surface area contributed by atoms with Crippen molar-refractivity contribution in [3.8, 4) is 0 Å². The quantitative estimate of drug-likeness (QED) is 0.339. The third-order valence-corrected chi connectivity index (χ3v) is 7.51. The minimum absolute atomic E-state index is 0.451. The zero-order chi connectivity index (χ0) is 23.1. The van der Waals surface area contributed by atoms with E-state index < -0.39 is 0 Å². The number of benzene rings is 3. The predicted molar refractivity (Wildman–Crippen MR) is 142 cm³/mol. The van der Waals surface area contributed by atoms with Gasteiger partial charge in [-0.25, -0.2) is 0 Å². The normalized spacial score (nSPS) is 15.2. The van der Waals surface area contributed by atoms with Gasteiger partial charge in [-0.15, -0.1) is 0 Å². The Kier molecular flexibility index (Phi) is 9.84. The van der Waals surface area contributed by atoms with E-state index in [2.05, 4.69) is 136 Å². The zero-order valence-electron chi connectivity index (χ0n) is 21.1. The van der Waals surface area contributed by atoms with Gasteiger partial charge in [0, 0.05) is 0 Å². The number of rotatable bonds is 10. The monoisotopic (exact) mass is 410 g/mol. The summed E-state index contributed by atoms with van der Waals surface area (Å²) in [5, 5.41) is 0. The Balaban J connectivity index is 2.07. The van der Waals surface area contributed by atoms with Gasteiger partial charge in [0.15, 0.2) is 0 Å². The van der Waals surface area contributed by atoms with Crippen molar-refractivity contribution in [3.05, 3.63) is 95.1 Å². The van der Waals surface area contributed by atoms with Crippen molar-refractivity contribution >= 4 is 43.9 Å². The molecule has 0 saturated heterocycles. The second kappa shape index (κ2) is 12.4. The van der Waals surface area contributed by atoms with Crippen LogP contribution < -0.4 is 8.47 Å². The predicted octanol–water partition coefficient (Wildman–Crippen LogP) is 6.41. The number of hydrogen-bond donors (Lipinski definition) is 0. The zero-order valence-corrected chi connectivity index (χ0v) is 21.1. The third-order valence-electron chi connectivity index (χ3n) is 7.51. The van der Waals surface area contributed by atoms with Crippen LogP contribution in [0, 0.1) is 11.8 Å². The van der Waals surface area contributed by atoms with E-state index in [9.17, 15) is 0 Å². The van der Waals surface area contributed by atoms with E-state index in [4.69, 9.17) is 0 Å². The van der Waals surface area contributed by atoms with E-state index in [1.807, 2.05) is 0 Å². The maximum absolute atomic E-state index is 2.53. The molecule has 0 aliphatic carbocycles. The summed E-state index contributed by atoms with van der Waals surface area (Å²) >= 11 is 4.53. The van der Waals surface area contributed by atoms with Crippen LogP contribution in [0.1, 0.15) is 87.5 Å². The second-order valence-corrected chi connectivity index (χ2v) is 9.99. The van der Waals surface area contributed by atoms with Gasteiger partial charge in [-0.2, -0.15) is 0 Å². The molecule has 3 rings (SSSR count). The molecule has 0 bridgehead atoms. The molecule has 0 nitrogen and oxygen atoms in total. The topological polar surface area (TPSA) is 0 Å². The first-order valence-electron chi connectivity index (χ1n) is 12.6. The molecule has 0 fully saturated rings. The van der Waals surface area contributed by atoms with Gasteiger partial charge < -0.3 is 0 Å². The van der Waals surface area contributed by atoms with Crippen molar-refractivity contribution in [1.82, 2.24) is 0 Å². The molecule has 0 aliphatic heterocycles. The Hall–Kier alpha value is -1.15. The Bertz CT molecular complexity index is 917. The van der Waals surface area contributed by atoms with Crippen molar-refractivity contribution in [2.45, 2.75) is 65.2 Å². The summed E-state index contributed by atoms with van der Waals surface area (Å²) in [7, 11) is 0. The molecule has 0 amide bonds. The second-order valence-electron chi connectivity index (χ2n) is 9.99. The number of hydrogen-bond acceptors (Lipinski definition) is 0. The van der Waals surface area contributed by atoms with Crippen LogP contribution >= 0.6 is 0 Å². The molecule has 3 aromatic carbocycles. The van der Waals surface area contributed by atoms with E-state index in [1.165, 1.54) is 56.4 Å². The summed E-state index contributed by atoms with van der Waals surface area (Å²) in [5.41, 5.74) is 5.92. The summed E-state index contributed by atoms with van der Waals surface area (Å²) in [6.45, 7) is 9.43. The van der Waals surface area contributed by atoms with E-state index in [1.54, 1.807) is 0 Å².